The van der Waals surface area contributed by atoms with Gasteiger partial charge in [0.1, 0.15) is 5.82 Å². The minimum absolute atomic E-state index is 0.0256. The monoisotopic (exact) mass is 542 g/mol. The van der Waals surface area contributed by atoms with Crippen LogP contribution in [0.5, 0.6) is 0 Å². The van der Waals surface area contributed by atoms with Gasteiger partial charge in [0.05, 0.1) is 21.4 Å². The smallest absolute Gasteiger partial charge is 0.269 e. The molecule has 1 aromatic carbocycles. The van der Waals surface area contributed by atoms with Gasteiger partial charge < -0.3 is 0 Å². The lowest BCUT2D eigenvalue weighted by molar-refractivity contribution is 0.449. The highest BCUT2D eigenvalue weighted by Crippen LogP contribution is 2.45. The quantitative estimate of drug-likeness (QED) is 0.379. The molecule has 0 spiro atoms. The Morgan fingerprint density at radius 3 is 2.46 bits per heavy atom. The highest BCUT2D eigenvalue weighted by Gasteiger charge is 2.51. The van der Waals surface area contributed by atoms with Crippen LogP contribution in [0.1, 0.15) is 63.3 Å². The molecule has 2 aliphatic carbocycles. The van der Waals surface area contributed by atoms with Gasteiger partial charge in [-0.15, -0.1) is 10.2 Å². The van der Waals surface area contributed by atoms with E-state index < -0.39 is 24.8 Å². The molecule has 0 aliphatic heterocycles. The maximum atomic E-state index is 13.4. The number of rotatable bonds is 7. The number of hydrogen-bond donors (Lipinski definition) is 1. The third kappa shape index (κ3) is 3.88. The average molecular weight is 543 g/mol. The fourth-order valence-electron chi connectivity index (χ4n) is 5.51. The van der Waals surface area contributed by atoms with Gasteiger partial charge in [-0.1, -0.05) is 31.0 Å². The van der Waals surface area contributed by atoms with Crippen LogP contribution in [0.4, 0.5) is 0 Å². The first-order valence-corrected chi connectivity index (χ1v) is 15.5. The molecule has 37 heavy (non-hydrogen) atoms. The van der Waals surface area contributed by atoms with E-state index in [0.717, 1.165) is 18.4 Å². The molecule has 2 aliphatic rings. The molecule has 10 nitrogen and oxygen atoms in total. The van der Waals surface area contributed by atoms with Gasteiger partial charge in [0.2, 0.25) is 10.0 Å². The van der Waals surface area contributed by atoms with E-state index in [9.17, 15) is 16.8 Å². The highest BCUT2D eigenvalue weighted by atomic mass is 32.2. The Kier molecular flexibility index (Phi) is 5.52. The standard InChI is InChI=1S/C25H30N6O4S2/c1-4-17-13-18(29-37(34,35)25(3)10-11-25)14-20(17)23-28-27-22-15-26-24-21(31(22)23)9-12-30(24)36(32,33)19-7-5-16(2)6-8-19/h5-9,12,15,17-18,20,29H,4,10-11,13-14H2,1-3H3/t17-,18+,20+/m1/s1. The molecule has 3 heterocycles. The van der Waals surface area contributed by atoms with Crippen molar-refractivity contribution in [3.05, 3.63) is 54.1 Å². The van der Waals surface area contributed by atoms with Gasteiger partial charge >= 0.3 is 0 Å². The lowest BCUT2D eigenvalue weighted by Crippen LogP contribution is -2.40. The van der Waals surface area contributed by atoms with Crippen LogP contribution < -0.4 is 4.72 Å². The summed E-state index contributed by atoms with van der Waals surface area (Å²) in [7, 11) is -7.24. The van der Waals surface area contributed by atoms with Crippen molar-refractivity contribution in [2.75, 3.05) is 0 Å². The molecule has 0 radical (unpaired) electrons. The van der Waals surface area contributed by atoms with E-state index >= 15 is 0 Å². The zero-order valence-corrected chi connectivity index (χ0v) is 22.6. The van der Waals surface area contributed by atoms with Gasteiger partial charge in [0, 0.05) is 18.2 Å². The number of benzene rings is 1. The van der Waals surface area contributed by atoms with E-state index in [0.29, 0.717) is 41.9 Å². The van der Waals surface area contributed by atoms with Crippen LogP contribution in [0.25, 0.3) is 16.8 Å². The molecule has 2 saturated carbocycles. The SMILES string of the molecule is CC[C@@H]1C[C@H](NS(=O)(=O)C2(C)CC2)C[C@@H]1c1nnc2cnc3c(ccn3S(=O)(=O)c3ccc(C)cc3)n12. The highest BCUT2D eigenvalue weighted by molar-refractivity contribution is 7.91. The summed E-state index contributed by atoms with van der Waals surface area (Å²) in [6, 6.07) is 8.26. The summed E-state index contributed by atoms with van der Waals surface area (Å²) < 4.78 is 57.9. The summed E-state index contributed by atoms with van der Waals surface area (Å²) in [6.45, 7) is 5.80. The van der Waals surface area contributed by atoms with Gasteiger partial charge in [-0.2, -0.15) is 0 Å². The van der Waals surface area contributed by atoms with E-state index in [1.165, 1.54) is 16.4 Å². The van der Waals surface area contributed by atoms with Crippen molar-refractivity contribution < 1.29 is 16.8 Å². The van der Waals surface area contributed by atoms with Crippen LogP contribution in [-0.4, -0.2) is 51.2 Å². The van der Waals surface area contributed by atoms with Gasteiger partial charge in [0.15, 0.2) is 11.3 Å². The largest absolute Gasteiger partial charge is 0.274 e. The predicted molar refractivity (Wildman–Crippen MR) is 139 cm³/mol. The average Bonchev–Trinajstić information content (AvgIpc) is 3.20. The molecule has 1 N–H and O–H groups in total. The molecule has 0 saturated heterocycles. The van der Waals surface area contributed by atoms with E-state index in [4.69, 9.17) is 0 Å². The molecule has 0 amide bonds. The number of aryl methyl sites for hydroxylation is 1. The maximum absolute atomic E-state index is 13.4. The summed E-state index contributed by atoms with van der Waals surface area (Å²) >= 11 is 0. The Morgan fingerprint density at radius 2 is 1.78 bits per heavy atom. The molecule has 3 atom stereocenters. The summed E-state index contributed by atoms with van der Waals surface area (Å²) in [5.74, 6) is 0.898. The molecule has 3 aromatic heterocycles. The first kappa shape index (κ1) is 24.5. The van der Waals surface area contributed by atoms with E-state index in [1.54, 1.807) is 37.3 Å². The van der Waals surface area contributed by atoms with Crippen LogP contribution in [-0.2, 0) is 20.0 Å². The van der Waals surface area contributed by atoms with E-state index in [1.807, 2.05) is 11.3 Å². The Hall–Kier alpha value is -2.83. The summed E-state index contributed by atoms with van der Waals surface area (Å²) in [4.78, 5) is 4.61. The zero-order valence-electron chi connectivity index (χ0n) is 21.0. The summed E-state index contributed by atoms with van der Waals surface area (Å²) in [5.41, 5.74) is 2.38. The lowest BCUT2D eigenvalue weighted by Gasteiger charge is -2.17. The zero-order chi connectivity index (χ0) is 26.2. The fourth-order valence-corrected chi connectivity index (χ4v) is 8.36. The fraction of sp³-hybridized carbons (Fsp3) is 0.480. The molecule has 0 bridgehead atoms. The lowest BCUT2D eigenvalue weighted by atomic mass is 9.93. The summed E-state index contributed by atoms with van der Waals surface area (Å²) in [6.07, 6.45) is 6.63. The Bertz CT molecular complexity index is 1720. The third-order valence-corrected chi connectivity index (χ3v) is 12.1. The van der Waals surface area contributed by atoms with E-state index in [-0.39, 0.29) is 22.8 Å². The van der Waals surface area contributed by atoms with Crippen molar-refractivity contribution in [1.82, 2.24) is 28.3 Å². The van der Waals surface area contributed by atoms with Gasteiger partial charge in [-0.3, -0.25) is 4.40 Å². The predicted octanol–water partition coefficient (Wildman–Crippen LogP) is 3.37. The second-order valence-electron chi connectivity index (χ2n) is 10.7. The molecule has 196 valence electrons. The van der Waals surface area contributed by atoms with Crippen molar-refractivity contribution in [2.24, 2.45) is 5.92 Å². The molecule has 0 unspecified atom stereocenters. The van der Waals surface area contributed by atoms with Crippen LogP contribution in [0.3, 0.4) is 0 Å². The van der Waals surface area contributed by atoms with Crippen molar-refractivity contribution in [2.45, 2.75) is 74.5 Å². The van der Waals surface area contributed by atoms with Crippen molar-refractivity contribution in [1.29, 1.82) is 0 Å². The van der Waals surface area contributed by atoms with Crippen LogP contribution in [0, 0.1) is 12.8 Å². The Morgan fingerprint density at radius 1 is 1.05 bits per heavy atom. The third-order valence-electron chi connectivity index (χ3n) is 8.12. The molecule has 6 rings (SSSR count). The molecular weight excluding hydrogens is 512 g/mol. The number of nitrogens with zero attached hydrogens (tertiary/aromatic N) is 5. The number of nitrogens with one attached hydrogen (secondary N) is 1. The number of sulfonamides is 1. The second kappa shape index (κ2) is 8.34. The normalized spacial score (nSPS) is 23.7. The minimum atomic E-state index is -3.85. The molecular formula is C25H30N6O4S2. The van der Waals surface area contributed by atoms with Crippen LogP contribution in [0.15, 0.2) is 47.6 Å². The maximum Gasteiger partial charge on any atom is 0.269 e. The van der Waals surface area contributed by atoms with E-state index in [2.05, 4.69) is 26.8 Å². The van der Waals surface area contributed by atoms with Crippen LogP contribution >= 0.6 is 0 Å². The number of hydrogen-bond acceptors (Lipinski definition) is 7. The summed E-state index contributed by atoms with van der Waals surface area (Å²) in [5, 5.41) is 8.82. The Labute approximate surface area is 216 Å². The second-order valence-corrected chi connectivity index (χ2v) is 14.7. The number of fused-ring (bicyclic) bond motifs is 3. The van der Waals surface area contributed by atoms with Crippen molar-refractivity contribution >= 4 is 36.9 Å². The van der Waals surface area contributed by atoms with Gasteiger partial charge in [-0.05, 0) is 63.6 Å². The van der Waals surface area contributed by atoms with Gasteiger partial charge in [0.25, 0.3) is 10.0 Å². The van der Waals surface area contributed by atoms with Crippen molar-refractivity contribution in [3.63, 3.8) is 0 Å². The van der Waals surface area contributed by atoms with Crippen molar-refractivity contribution in [3.8, 4) is 0 Å². The molecule has 4 aromatic rings. The topological polar surface area (TPSA) is 128 Å². The Balaban J connectivity index is 1.39. The van der Waals surface area contributed by atoms with Gasteiger partial charge in [-0.25, -0.2) is 30.5 Å². The molecule has 12 heteroatoms. The first-order valence-electron chi connectivity index (χ1n) is 12.6. The minimum Gasteiger partial charge on any atom is -0.274 e. The first-order chi connectivity index (χ1) is 17.5. The van der Waals surface area contributed by atoms with Crippen LogP contribution in [0.2, 0.25) is 0 Å². The molecule has 2 fully saturated rings. The number of aromatic nitrogens is 5.